The SMILES string of the molecule is Cc1ccc(S(=O)C([C-]=N)c2ccc(F)cc2)cc1. The zero-order valence-electron chi connectivity index (χ0n) is 10.4. The van der Waals surface area contributed by atoms with Crippen LogP contribution in [-0.2, 0) is 10.8 Å². The van der Waals surface area contributed by atoms with Gasteiger partial charge in [0.05, 0.1) is 0 Å². The molecular weight excluding hydrogens is 261 g/mol. The lowest BCUT2D eigenvalue weighted by molar-refractivity contribution is 0.627. The van der Waals surface area contributed by atoms with Crippen molar-refractivity contribution in [2.24, 2.45) is 0 Å². The van der Waals surface area contributed by atoms with Crippen LogP contribution in [0, 0.1) is 18.2 Å². The molecule has 0 saturated heterocycles. The fourth-order valence-electron chi connectivity index (χ4n) is 1.71. The van der Waals surface area contributed by atoms with Crippen molar-refractivity contribution < 1.29 is 8.60 Å². The minimum Gasteiger partial charge on any atom is -0.517 e. The first-order valence-corrected chi connectivity index (χ1v) is 6.98. The van der Waals surface area contributed by atoms with Crippen molar-refractivity contribution >= 4 is 17.0 Å². The third kappa shape index (κ3) is 3.15. The summed E-state index contributed by atoms with van der Waals surface area (Å²) in [6, 6.07) is 13.0. The van der Waals surface area contributed by atoms with E-state index in [9.17, 15) is 8.60 Å². The van der Waals surface area contributed by atoms with Crippen molar-refractivity contribution in [3.63, 3.8) is 0 Å². The van der Waals surface area contributed by atoms with Crippen LogP contribution in [0.3, 0.4) is 0 Å². The molecule has 2 unspecified atom stereocenters. The van der Waals surface area contributed by atoms with Crippen molar-refractivity contribution in [2.45, 2.75) is 17.1 Å². The molecule has 0 amide bonds. The first-order valence-electron chi connectivity index (χ1n) is 5.77. The summed E-state index contributed by atoms with van der Waals surface area (Å²) in [7, 11) is -1.41. The molecule has 2 aromatic rings. The fourth-order valence-corrected chi connectivity index (χ4v) is 2.89. The van der Waals surface area contributed by atoms with E-state index in [0.717, 1.165) is 5.56 Å². The Bertz CT molecular complexity index is 593. The van der Waals surface area contributed by atoms with Gasteiger partial charge >= 0.3 is 0 Å². The van der Waals surface area contributed by atoms with Crippen LogP contribution in [0.15, 0.2) is 53.4 Å². The van der Waals surface area contributed by atoms with Crippen LogP contribution >= 0.6 is 0 Å². The van der Waals surface area contributed by atoms with Crippen molar-refractivity contribution in [3.05, 3.63) is 65.5 Å². The van der Waals surface area contributed by atoms with Gasteiger partial charge in [-0.1, -0.05) is 40.6 Å². The minimum absolute atomic E-state index is 0.353. The van der Waals surface area contributed by atoms with Gasteiger partial charge in [0.25, 0.3) is 0 Å². The predicted molar refractivity (Wildman–Crippen MR) is 74.5 cm³/mol. The zero-order chi connectivity index (χ0) is 13.8. The molecule has 0 bridgehead atoms. The maximum Gasteiger partial charge on any atom is 0.123 e. The molecule has 0 heterocycles. The molecule has 0 spiro atoms. The second kappa shape index (κ2) is 5.89. The summed E-state index contributed by atoms with van der Waals surface area (Å²) in [5.74, 6) is -0.353. The van der Waals surface area contributed by atoms with E-state index >= 15 is 0 Å². The number of halogens is 1. The smallest absolute Gasteiger partial charge is 0.123 e. The minimum atomic E-state index is -1.41. The van der Waals surface area contributed by atoms with E-state index in [-0.39, 0.29) is 5.82 Å². The standard InChI is InChI=1S/C15H13FNOS/c1-11-2-8-14(9-3-11)19(18)15(10-17)12-4-6-13(16)7-5-12/h2-9,15,17H,1H3/q-1. The van der Waals surface area contributed by atoms with Gasteiger partial charge in [-0.25, -0.2) is 4.39 Å². The third-order valence-electron chi connectivity index (χ3n) is 2.77. The Hall–Kier alpha value is -1.81. The second-order valence-electron chi connectivity index (χ2n) is 4.19. The van der Waals surface area contributed by atoms with Crippen LogP contribution < -0.4 is 0 Å². The maximum atomic E-state index is 12.9. The quantitative estimate of drug-likeness (QED) is 0.672. The molecule has 0 aliphatic rings. The summed E-state index contributed by atoms with van der Waals surface area (Å²) < 4.78 is 25.3. The summed E-state index contributed by atoms with van der Waals surface area (Å²) in [5, 5.41) is 6.66. The number of benzene rings is 2. The van der Waals surface area contributed by atoms with Gasteiger partial charge in [-0.3, -0.25) is 4.21 Å². The van der Waals surface area contributed by atoms with Gasteiger partial charge < -0.3 is 11.6 Å². The van der Waals surface area contributed by atoms with E-state index in [1.54, 1.807) is 12.1 Å². The maximum absolute atomic E-state index is 12.9. The fraction of sp³-hybridized carbons (Fsp3) is 0.133. The van der Waals surface area contributed by atoms with Crippen molar-refractivity contribution in [1.29, 1.82) is 5.41 Å². The molecule has 98 valence electrons. The molecule has 2 atom stereocenters. The molecule has 0 fully saturated rings. The van der Waals surface area contributed by atoms with Crippen LogP contribution in [0.1, 0.15) is 16.4 Å². The van der Waals surface area contributed by atoms with Crippen LogP contribution in [-0.4, -0.2) is 10.4 Å². The normalized spacial score (nSPS) is 13.8. The number of rotatable bonds is 4. The Kier molecular flexibility index (Phi) is 4.22. The summed E-state index contributed by atoms with van der Waals surface area (Å²) in [4.78, 5) is 0.639. The van der Waals surface area contributed by atoms with Gasteiger partial charge in [-0.05, 0) is 31.2 Å². The van der Waals surface area contributed by atoms with Gasteiger partial charge in [-0.2, -0.15) is 0 Å². The molecule has 4 heteroatoms. The Balaban J connectivity index is 2.31. The monoisotopic (exact) mass is 274 g/mol. The highest BCUT2D eigenvalue weighted by Crippen LogP contribution is 2.24. The first kappa shape index (κ1) is 13.6. The van der Waals surface area contributed by atoms with Crippen LogP contribution in [0.2, 0.25) is 0 Å². The highest BCUT2D eigenvalue weighted by molar-refractivity contribution is 7.86. The summed E-state index contributed by atoms with van der Waals surface area (Å²) in [6.07, 6.45) is 2.28. The third-order valence-corrected chi connectivity index (χ3v) is 4.33. The van der Waals surface area contributed by atoms with E-state index in [0.29, 0.717) is 10.5 Å². The van der Waals surface area contributed by atoms with E-state index in [1.807, 2.05) is 19.1 Å². The van der Waals surface area contributed by atoms with E-state index in [4.69, 9.17) is 5.41 Å². The first-order chi connectivity index (χ1) is 9.11. The lowest BCUT2D eigenvalue weighted by atomic mass is 10.1. The Labute approximate surface area is 114 Å². The molecule has 0 aliphatic heterocycles. The molecule has 0 aromatic heterocycles. The van der Waals surface area contributed by atoms with Crippen molar-refractivity contribution in [3.8, 4) is 0 Å². The summed E-state index contributed by atoms with van der Waals surface area (Å²) in [6.45, 7) is 1.95. The average molecular weight is 274 g/mol. The van der Waals surface area contributed by atoms with E-state index in [1.165, 1.54) is 24.3 Å². The predicted octanol–water partition coefficient (Wildman–Crippen LogP) is 3.51. The van der Waals surface area contributed by atoms with Gasteiger partial charge in [0.2, 0.25) is 0 Å². The van der Waals surface area contributed by atoms with E-state index in [2.05, 4.69) is 6.21 Å². The highest BCUT2D eigenvalue weighted by atomic mass is 32.2. The number of hydrogen-bond donors (Lipinski definition) is 1. The van der Waals surface area contributed by atoms with Gasteiger partial charge in [-0.15, -0.1) is 0 Å². The number of aryl methyl sites for hydroxylation is 1. The molecule has 0 radical (unpaired) electrons. The van der Waals surface area contributed by atoms with Gasteiger partial charge in [0.15, 0.2) is 0 Å². The van der Waals surface area contributed by atoms with E-state index < -0.39 is 16.0 Å². The van der Waals surface area contributed by atoms with Crippen molar-refractivity contribution in [2.75, 3.05) is 0 Å². The Morgan fingerprint density at radius 2 is 1.68 bits per heavy atom. The molecule has 19 heavy (non-hydrogen) atoms. The topological polar surface area (TPSA) is 40.9 Å². The van der Waals surface area contributed by atoms with Crippen LogP contribution in [0.5, 0.6) is 0 Å². The average Bonchev–Trinajstić information content (AvgIpc) is 2.42. The molecular formula is C15H13FNOS-. The highest BCUT2D eigenvalue weighted by Gasteiger charge is 2.10. The summed E-state index contributed by atoms with van der Waals surface area (Å²) >= 11 is 0. The molecule has 0 aliphatic carbocycles. The second-order valence-corrected chi connectivity index (χ2v) is 5.72. The Morgan fingerprint density at radius 3 is 2.21 bits per heavy atom. The molecule has 0 saturated carbocycles. The molecule has 2 aromatic carbocycles. The molecule has 2 nitrogen and oxygen atoms in total. The summed E-state index contributed by atoms with van der Waals surface area (Å²) in [5.41, 5.74) is 1.70. The lowest BCUT2D eigenvalue weighted by Crippen LogP contribution is -2.08. The van der Waals surface area contributed by atoms with Gasteiger partial charge in [0, 0.05) is 15.7 Å². The number of hydrogen-bond acceptors (Lipinski definition) is 2. The van der Waals surface area contributed by atoms with Crippen LogP contribution in [0.25, 0.3) is 0 Å². The number of nitrogens with one attached hydrogen (secondary N) is 1. The lowest BCUT2D eigenvalue weighted by Gasteiger charge is -2.21. The van der Waals surface area contributed by atoms with Crippen molar-refractivity contribution in [1.82, 2.24) is 0 Å². The Morgan fingerprint density at radius 1 is 1.11 bits per heavy atom. The zero-order valence-corrected chi connectivity index (χ0v) is 11.2. The van der Waals surface area contributed by atoms with Gasteiger partial charge in [0.1, 0.15) is 5.82 Å². The molecule has 1 N–H and O–H groups in total. The largest absolute Gasteiger partial charge is 0.517 e. The van der Waals surface area contributed by atoms with Crippen LogP contribution in [0.4, 0.5) is 4.39 Å². The molecule has 2 rings (SSSR count).